The zero-order chi connectivity index (χ0) is 28.1. The number of amides is 3. The molecule has 6 aliphatic rings. The van der Waals surface area contributed by atoms with Gasteiger partial charge in [-0.1, -0.05) is 24.6 Å². The molecule has 5 heterocycles. The summed E-state index contributed by atoms with van der Waals surface area (Å²) in [5.41, 5.74) is 1.32. The zero-order valence-corrected chi connectivity index (χ0v) is 23.1. The Morgan fingerprint density at radius 3 is 2.50 bits per heavy atom. The van der Waals surface area contributed by atoms with E-state index in [1.54, 1.807) is 13.2 Å². The molecule has 0 unspecified atom stereocenters. The van der Waals surface area contributed by atoms with E-state index >= 15 is 0 Å². The van der Waals surface area contributed by atoms with Crippen molar-refractivity contribution in [1.82, 2.24) is 15.5 Å². The van der Waals surface area contributed by atoms with Crippen LogP contribution in [0.1, 0.15) is 36.8 Å². The Morgan fingerprint density at radius 1 is 1.02 bits per heavy atom. The van der Waals surface area contributed by atoms with Gasteiger partial charge in [0.25, 0.3) is 5.91 Å². The van der Waals surface area contributed by atoms with Gasteiger partial charge in [0, 0.05) is 26.6 Å². The summed E-state index contributed by atoms with van der Waals surface area (Å²) < 4.78 is 22.9. The molecule has 2 aromatic carbocycles. The normalized spacial score (nSPS) is 22.7. The van der Waals surface area contributed by atoms with E-state index in [4.69, 9.17) is 18.9 Å². The van der Waals surface area contributed by atoms with Crippen molar-refractivity contribution in [2.75, 3.05) is 40.5 Å². The van der Waals surface area contributed by atoms with E-state index < -0.39 is 11.5 Å². The van der Waals surface area contributed by atoms with Crippen molar-refractivity contribution in [3.05, 3.63) is 53.6 Å². The molecule has 1 saturated heterocycles. The quantitative estimate of drug-likeness (QED) is 0.599. The molecule has 214 valence electrons. The monoisotopic (exact) mass is 551 g/mol. The first kappa shape index (κ1) is 27.8. The summed E-state index contributed by atoms with van der Waals surface area (Å²) in [6.07, 6.45) is 2.97. The van der Waals surface area contributed by atoms with E-state index in [-0.39, 0.29) is 36.8 Å². The smallest absolute Gasteiger partial charge is 0.258 e. The lowest BCUT2D eigenvalue weighted by Gasteiger charge is -2.42. The average Bonchev–Trinajstić information content (AvgIpc) is 3.33. The molecule has 3 amide bonds. The number of methoxy groups -OCH3 is 2. The molecule has 10 nitrogen and oxygen atoms in total. The fourth-order valence-corrected chi connectivity index (χ4v) is 5.61. The lowest BCUT2D eigenvalue weighted by molar-refractivity contribution is -0.151. The van der Waals surface area contributed by atoms with Crippen LogP contribution >= 0.6 is 0 Å². The van der Waals surface area contributed by atoms with Crippen molar-refractivity contribution >= 4 is 17.7 Å². The van der Waals surface area contributed by atoms with Gasteiger partial charge in [-0.25, -0.2) is 0 Å². The Bertz CT molecular complexity index is 1230. The van der Waals surface area contributed by atoms with Crippen molar-refractivity contribution in [3.63, 3.8) is 0 Å². The molecule has 0 aromatic heterocycles. The van der Waals surface area contributed by atoms with Gasteiger partial charge >= 0.3 is 0 Å². The predicted molar refractivity (Wildman–Crippen MR) is 146 cm³/mol. The highest BCUT2D eigenvalue weighted by atomic mass is 16.5. The Kier molecular flexibility index (Phi) is 8.44. The molecule has 5 aliphatic heterocycles. The van der Waals surface area contributed by atoms with Crippen molar-refractivity contribution in [2.24, 2.45) is 5.41 Å². The Hall–Kier alpha value is -3.79. The molecular weight excluding hydrogens is 514 g/mol. The highest BCUT2D eigenvalue weighted by Crippen LogP contribution is 2.43. The van der Waals surface area contributed by atoms with Gasteiger partial charge in [0.15, 0.2) is 18.1 Å². The number of aryl methyl sites for hydroxylation is 1. The summed E-state index contributed by atoms with van der Waals surface area (Å²) in [7, 11) is 3.16. The van der Waals surface area contributed by atoms with Crippen LogP contribution in [0.2, 0.25) is 0 Å². The van der Waals surface area contributed by atoms with Gasteiger partial charge < -0.3 is 34.5 Å². The third-order valence-corrected chi connectivity index (χ3v) is 8.01. The minimum absolute atomic E-state index is 0.0666. The molecule has 4 bridgehead atoms. The number of carbonyl (C=O) groups is 3. The standard InChI is InChI=1S/C30H37N3O7/c1-37-19-30(12-3-13-30)29(36)33-16-23-26(17-33)40-22-8-4-21(5-9-22)15-31-28(35)18-39-24-10-6-20(14-25(24)38-2)7-11-27(34)32-23/h4-6,8-10,14,23,26H,3,7,11-13,15-19H2,1-2H3,(H,31,35)(H,32,34)/t23-,26-/m0/s1. The van der Waals surface area contributed by atoms with Gasteiger partial charge in [0.2, 0.25) is 11.8 Å². The number of likely N-dealkylation sites (tertiary alicyclic amines) is 1. The maximum absolute atomic E-state index is 13.6. The number of nitrogens with zero attached hydrogens (tertiary/aromatic N) is 1. The summed E-state index contributed by atoms with van der Waals surface area (Å²) in [6, 6.07) is 12.5. The molecule has 2 N–H and O–H groups in total. The first-order chi connectivity index (χ1) is 19.4. The molecule has 1 saturated carbocycles. The number of benzene rings is 2. The number of hydrogen-bond acceptors (Lipinski definition) is 7. The molecule has 2 fully saturated rings. The molecular formula is C30H37N3O7. The molecule has 10 heteroatoms. The molecule has 40 heavy (non-hydrogen) atoms. The molecule has 0 spiro atoms. The van der Waals surface area contributed by atoms with E-state index in [2.05, 4.69) is 10.6 Å². The second kappa shape index (κ2) is 12.2. The van der Waals surface area contributed by atoms with Crippen LogP contribution in [-0.2, 0) is 32.1 Å². The number of nitrogens with one attached hydrogen (secondary N) is 2. The Labute approximate surface area is 234 Å². The van der Waals surface area contributed by atoms with E-state index in [0.717, 1.165) is 30.4 Å². The van der Waals surface area contributed by atoms with E-state index in [1.165, 1.54) is 7.11 Å². The largest absolute Gasteiger partial charge is 0.493 e. The third-order valence-electron chi connectivity index (χ3n) is 8.01. The van der Waals surface area contributed by atoms with Crippen LogP contribution < -0.4 is 24.8 Å². The highest BCUT2D eigenvalue weighted by Gasteiger charge is 2.49. The SMILES string of the molecule is COCC1(C(=O)N2C[C@@H]3NC(=O)CCc4ccc(c(OC)c4)OCC(=O)NCc4ccc(cc4)O[C@H]3C2)CCC1. The first-order valence-electron chi connectivity index (χ1n) is 13.8. The second-order valence-corrected chi connectivity index (χ2v) is 10.8. The van der Waals surface area contributed by atoms with E-state index in [1.807, 2.05) is 41.3 Å². The molecule has 2 aromatic rings. The van der Waals surface area contributed by atoms with Crippen LogP contribution in [0.3, 0.4) is 0 Å². The van der Waals surface area contributed by atoms with Gasteiger partial charge in [0.05, 0.1) is 31.7 Å². The maximum atomic E-state index is 13.6. The summed E-state index contributed by atoms with van der Waals surface area (Å²) >= 11 is 0. The summed E-state index contributed by atoms with van der Waals surface area (Å²) in [5.74, 6) is 1.27. The fourth-order valence-electron chi connectivity index (χ4n) is 5.61. The van der Waals surface area contributed by atoms with Gasteiger partial charge in [0.1, 0.15) is 11.9 Å². The van der Waals surface area contributed by atoms with Crippen LogP contribution in [0.4, 0.5) is 0 Å². The van der Waals surface area contributed by atoms with Crippen molar-refractivity contribution in [2.45, 2.75) is 50.8 Å². The van der Waals surface area contributed by atoms with Gasteiger partial charge in [-0.15, -0.1) is 0 Å². The first-order valence-corrected chi connectivity index (χ1v) is 13.8. The highest BCUT2D eigenvalue weighted by molar-refractivity contribution is 5.84. The summed E-state index contributed by atoms with van der Waals surface area (Å²) in [5, 5.41) is 5.99. The number of rotatable bonds is 4. The molecule has 8 rings (SSSR count). The van der Waals surface area contributed by atoms with Crippen molar-refractivity contribution in [1.29, 1.82) is 0 Å². The fraction of sp³-hybridized carbons (Fsp3) is 0.500. The number of ether oxygens (including phenoxy) is 4. The third kappa shape index (κ3) is 6.17. The predicted octanol–water partition coefficient (Wildman–Crippen LogP) is 2.23. The van der Waals surface area contributed by atoms with Crippen LogP contribution in [0, 0.1) is 5.41 Å². The van der Waals surface area contributed by atoms with Crippen molar-refractivity contribution in [3.8, 4) is 17.2 Å². The average molecular weight is 552 g/mol. The summed E-state index contributed by atoms with van der Waals surface area (Å²) in [4.78, 5) is 40.8. The second-order valence-electron chi connectivity index (χ2n) is 10.8. The molecule has 0 radical (unpaired) electrons. The van der Waals surface area contributed by atoms with Gasteiger partial charge in [-0.2, -0.15) is 0 Å². The van der Waals surface area contributed by atoms with Crippen molar-refractivity contribution < 1.29 is 33.3 Å². The van der Waals surface area contributed by atoms with Gasteiger partial charge in [-0.05, 0) is 54.7 Å². The number of hydrogen-bond donors (Lipinski definition) is 2. The van der Waals surface area contributed by atoms with E-state index in [9.17, 15) is 14.4 Å². The van der Waals surface area contributed by atoms with Crippen LogP contribution in [0.5, 0.6) is 17.2 Å². The van der Waals surface area contributed by atoms with Crippen LogP contribution in [0.15, 0.2) is 42.5 Å². The summed E-state index contributed by atoms with van der Waals surface area (Å²) in [6.45, 7) is 1.35. The van der Waals surface area contributed by atoms with Crippen LogP contribution in [0.25, 0.3) is 0 Å². The lowest BCUT2D eigenvalue weighted by atomic mass is 9.68. The zero-order valence-electron chi connectivity index (χ0n) is 23.1. The van der Waals surface area contributed by atoms with Gasteiger partial charge in [-0.3, -0.25) is 14.4 Å². The topological polar surface area (TPSA) is 115 Å². The molecule has 1 aliphatic carbocycles. The van der Waals surface area contributed by atoms with Crippen LogP contribution in [-0.4, -0.2) is 75.3 Å². The maximum Gasteiger partial charge on any atom is 0.258 e. The Balaban J connectivity index is 1.36. The van der Waals surface area contributed by atoms with E-state index in [0.29, 0.717) is 49.9 Å². The minimum Gasteiger partial charge on any atom is -0.493 e. The minimum atomic E-state index is -0.483. The Morgan fingerprint density at radius 2 is 1.80 bits per heavy atom. The molecule has 2 atom stereocenters. The lowest BCUT2D eigenvalue weighted by Crippen LogP contribution is -2.50. The number of carbonyl (C=O) groups excluding carboxylic acids is 3.